The molecule has 0 rings (SSSR count). The van der Waals surface area contributed by atoms with Crippen LogP contribution in [0.2, 0.25) is 0 Å². The SMILES string of the molecule is CCCCCCCCCCCCCCC[C@@H](O)[C@H](CO)NC(=O)[C@H](O)CCCCCCCCC. The van der Waals surface area contributed by atoms with Gasteiger partial charge in [0.2, 0.25) is 5.91 Å². The molecule has 0 aliphatic carbocycles. The van der Waals surface area contributed by atoms with E-state index in [-0.39, 0.29) is 6.61 Å². The van der Waals surface area contributed by atoms with Gasteiger partial charge in [-0.05, 0) is 12.8 Å². The Morgan fingerprint density at radius 1 is 0.588 bits per heavy atom. The number of hydrogen-bond acceptors (Lipinski definition) is 4. The summed E-state index contributed by atoms with van der Waals surface area (Å²) in [5, 5.41) is 32.7. The number of unbranched alkanes of at least 4 members (excludes halogenated alkanes) is 18. The number of amides is 1. The van der Waals surface area contributed by atoms with E-state index in [1.54, 1.807) is 0 Å². The molecule has 4 N–H and O–H groups in total. The Morgan fingerprint density at radius 3 is 1.32 bits per heavy atom. The Bertz CT molecular complexity index is 432. The van der Waals surface area contributed by atoms with E-state index in [4.69, 9.17) is 0 Å². The van der Waals surface area contributed by atoms with Crippen LogP contribution in [0, 0.1) is 0 Å². The molecule has 3 atom stereocenters. The van der Waals surface area contributed by atoms with E-state index >= 15 is 0 Å². The summed E-state index contributed by atoms with van der Waals surface area (Å²) < 4.78 is 0. The first-order valence-electron chi connectivity index (χ1n) is 14.8. The van der Waals surface area contributed by atoms with E-state index < -0.39 is 24.2 Å². The van der Waals surface area contributed by atoms with Crippen molar-refractivity contribution < 1.29 is 20.1 Å². The number of aliphatic hydroxyl groups is 3. The Morgan fingerprint density at radius 2 is 0.941 bits per heavy atom. The molecule has 5 heteroatoms. The first-order valence-corrected chi connectivity index (χ1v) is 14.8. The molecule has 0 aliphatic heterocycles. The van der Waals surface area contributed by atoms with E-state index in [2.05, 4.69) is 19.2 Å². The van der Waals surface area contributed by atoms with Crippen LogP contribution in [0.1, 0.15) is 155 Å². The third kappa shape index (κ3) is 20.7. The van der Waals surface area contributed by atoms with Crippen LogP contribution in [-0.2, 0) is 4.79 Å². The van der Waals surface area contributed by atoms with Gasteiger partial charge in [-0.25, -0.2) is 0 Å². The number of hydrogen-bond donors (Lipinski definition) is 4. The van der Waals surface area contributed by atoms with E-state index in [0.717, 1.165) is 32.1 Å². The first kappa shape index (κ1) is 33.4. The largest absolute Gasteiger partial charge is 0.394 e. The van der Waals surface area contributed by atoms with E-state index in [9.17, 15) is 20.1 Å². The lowest BCUT2D eigenvalue weighted by atomic mass is 10.0. The Labute approximate surface area is 211 Å². The molecule has 0 radical (unpaired) electrons. The molecule has 34 heavy (non-hydrogen) atoms. The van der Waals surface area contributed by atoms with Crippen molar-refractivity contribution in [2.75, 3.05) is 6.61 Å². The smallest absolute Gasteiger partial charge is 0.249 e. The van der Waals surface area contributed by atoms with Gasteiger partial charge in [-0.15, -0.1) is 0 Å². The highest BCUT2D eigenvalue weighted by Crippen LogP contribution is 2.14. The molecule has 0 aliphatic rings. The molecule has 204 valence electrons. The highest BCUT2D eigenvalue weighted by atomic mass is 16.3. The van der Waals surface area contributed by atoms with Crippen molar-refractivity contribution >= 4 is 5.91 Å². The summed E-state index contributed by atoms with van der Waals surface area (Å²) in [6.07, 6.45) is 23.7. The molecule has 0 fully saturated rings. The quantitative estimate of drug-likeness (QED) is 0.101. The Kier molecular flexibility index (Phi) is 25.0. The van der Waals surface area contributed by atoms with E-state index in [1.165, 1.54) is 96.3 Å². The fraction of sp³-hybridized carbons (Fsp3) is 0.966. The summed E-state index contributed by atoms with van der Waals surface area (Å²) in [4.78, 5) is 12.2. The summed E-state index contributed by atoms with van der Waals surface area (Å²) in [5.74, 6) is -0.477. The number of aliphatic hydroxyl groups excluding tert-OH is 3. The Hall–Kier alpha value is -0.650. The van der Waals surface area contributed by atoms with Gasteiger partial charge in [0.25, 0.3) is 0 Å². The number of carbonyl (C=O) groups is 1. The second-order valence-corrected chi connectivity index (χ2v) is 10.3. The topological polar surface area (TPSA) is 89.8 Å². The standard InChI is InChI=1S/C29H59NO4/c1-3-5-7-9-11-12-13-14-15-16-18-19-21-23-27(32)26(25-31)30-29(34)28(33)24-22-20-17-10-8-6-4-2/h26-28,31-33H,3-25H2,1-2H3,(H,30,34)/t26-,27+,28+/m0/s1. The molecule has 0 heterocycles. The fourth-order valence-electron chi connectivity index (χ4n) is 4.54. The maximum Gasteiger partial charge on any atom is 0.249 e. The van der Waals surface area contributed by atoms with Crippen molar-refractivity contribution in [1.82, 2.24) is 5.32 Å². The molecular formula is C29H59NO4. The monoisotopic (exact) mass is 485 g/mol. The zero-order valence-electron chi connectivity index (χ0n) is 22.7. The normalized spacial score (nSPS) is 14.1. The van der Waals surface area contributed by atoms with Gasteiger partial charge in [0, 0.05) is 0 Å². The van der Waals surface area contributed by atoms with Gasteiger partial charge in [-0.2, -0.15) is 0 Å². The predicted molar refractivity (Wildman–Crippen MR) is 144 cm³/mol. The van der Waals surface area contributed by atoms with Crippen LogP contribution < -0.4 is 5.32 Å². The maximum atomic E-state index is 12.2. The summed E-state index contributed by atoms with van der Waals surface area (Å²) in [6.45, 7) is 4.15. The van der Waals surface area contributed by atoms with Gasteiger partial charge in [0.05, 0.1) is 18.8 Å². The van der Waals surface area contributed by atoms with Crippen molar-refractivity contribution in [3.8, 4) is 0 Å². The third-order valence-electron chi connectivity index (χ3n) is 6.98. The summed E-state index contributed by atoms with van der Waals surface area (Å²) >= 11 is 0. The zero-order chi connectivity index (χ0) is 25.3. The highest BCUT2D eigenvalue weighted by molar-refractivity contribution is 5.80. The van der Waals surface area contributed by atoms with Gasteiger partial charge < -0.3 is 20.6 Å². The van der Waals surface area contributed by atoms with E-state index in [1.807, 2.05) is 0 Å². The second-order valence-electron chi connectivity index (χ2n) is 10.3. The fourth-order valence-corrected chi connectivity index (χ4v) is 4.54. The van der Waals surface area contributed by atoms with Crippen molar-refractivity contribution in [3.63, 3.8) is 0 Å². The predicted octanol–water partition coefficient (Wildman–Crippen LogP) is 6.81. The maximum absolute atomic E-state index is 12.2. The van der Waals surface area contributed by atoms with Gasteiger partial charge >= 0.3 is 0 Å². The second kappa shape index (κ2) is 25.4. The van der Waals surface area contributed by atoms with Gasteiger partial charge in [0.15, 0.2) is 0 Å². The molecule has 0 saturated carbocycles. The van der Waals surface area contributed by atoms with E-state index in [0.29, 0.717) is 12.8 Å². The van der Waals surface area contributed by atoms with Crippen LogP contribution >= 0.6 is 0 Å². The molecule has 0 spiro atoms. The van der Waals surface area contributed by atoms with Gasteiger partial charge in [0.1, 0.15) is 6.10 Å². The number of carbonyl (C=O) groups excluding carboxylic acids is 1. The molecule has 0 unspecified atom stereocenters. The first-order chi connectivity index (χ1) is 16.6. The minimum Gasteiger partial charge on any atom is -0.394 e. The van der Waals surface area contributed by atoms with Crippen molar-refractivity contribution in [2.45, 2.75) is 173 Å². The zero-order valence-corrected chi connectivity index (χ0v) is 22.7. The highest BCUT2D eigenvalue weighted by Gasteiger charge is 2.23. The molecule has 0 bridgehead atoms. The summed E-state index contributed by atoms with van der Waals surface area (Å²) in [6, 6.07) is -0.700. The third-order valence-corrected chi connectivity index (χ3v) is 6.98. The summed E-state index contributed by atoms with van der Waals surface area (Å²) in [5.41, 5.74) is 0. The van der Waals surface area contributed by atoms with Crippen LogP contribution in [0.5, 0.6) is 0 Å². The number of nitrogens with one attached hydrogen (secondary N) is 1. The van der Waals surface area contributed by atoms with Gasteiger partial charge in [-0.3, -0.25) is 4.79 Å². The molecule has 0 aromatic rings. The molecule has 0 saturated heterocycles. The minimum absolute atomic E-state index is 0.310. The lowest BCUT2D eigenvalue weighted by molar-refractivity contribution is -0.131. The number of rotatable bonds is 26. The van der Waals surface area contributed by atoms with Crippen LogP contribution in [0.25, 0.3) is 0 Å². The Balaban J connectivity index is 3.73. The molecular weight excluding hydrogens is 426 g/mol. The van der Waals surface area contributed by atoms with Crippen molar-refractivity contribution in [1.29, 1.82) is 0 Å². The van der Waals surface area contributed by atoms with Crippen molar-refractivity contribution in [2.24, 2.45) is 0 Å². The van der Waals surface area contributed by atoms with Crippen molar-refractivity contribution in [3.05, 3.63) is 0 Å². The lowest BCUT2D eigenvalue weighted by Crippen LogP contribution is -2.49. The molecule has 0 aromatic heterocycles. The minimum atomic E-state index is -1.06. The van der Waals surface area contributed by atoms with Crippen LogP contribution in [-0.4, -0.2) is 46.1 Å². The average Bonchev–Trinajstić information content (AvgIpc) is 2.84. The summed E-state index contributed by atoms with van der Waals surface area (Å²) in [7, 11) is 0. The lowest BCUT2D eigenvalue weighted by Gasteiger charge is -2.23. The molecule has 5 nitrogen and oxygen atoms in total. The van der Waals surface area contributed by atoms with Gasteiger partial charge in [-0.1, -0.05) is 142 Å². The van der Waals surface area contributed by atoms with Crippen LogP contribution in [0.4, 0.5) is 0 Å². The average molecular weight is 486 g/mol. The molecule has 0 aromatic carbocycles. The van der Waals surface area contributed by atoms with Crippen LogP contribution in [0.15, 0.2) is 0 Å². The molecule has 1 amide bonds. The van der Waals surface area contributed by atoms with Crippen LogP contribution in [0.3, 0.4) is 0 Å².